The average Bonchev–Trinajstić information content (AvgIpc) is 2.34. The van der Waals surface area contributed by atoms with Crippen LogP contribution >= 0.6 is 0 Å². The lowest BCUT2D eigenvalue weighted by molar-refractivity contribution is -0.0147. The Labute approximate surface area is 99.9 Å². The van der Waals surface area contributed by atoms with Gasteiger partial charge in [0.2, 0.25) is 0 Å². The van der Waals surface area contributed by atoms with E-state index in [1.54, 1.807) is 0 Å². The smallest absolute Gasteiger partial charge is 0.0697 e. The molecule has 0 aromatic heterocycles. The second-order valence-electron chi connectivity index (χ2n) is 4.84. The lowest BCUT2D eigenvalue weighted by atomic mass is 10.0. The van der Waals surface area contributed by atoms with E-state index in [-0.39, 0.29) is 0 Å². The molecule has 96 valence electrons. The molecule has 0 radical (unpaired) electrons. The third-order valence-corrected chi connectivity index (χ3v) is 3.36. The van der Waals surface area contributed by atoms with Crippen LogP contribution in [0.15, 0.2) is 0 Å². The highest BCUT2D eigenvalue weighted by Gasteiger charge is 2.17. The molecule has 1 aliphatic rings. The second-order valence-corrected chi connectivity index (χ2v) is 4.84. The van der Waals surface area contributed by atoms with E-state index in [1.807, 2.05) is 0 Å². The lowest BCUT2D eigenvalue weighted by Crippen LogP contribution is -2.38. The number of ether oxygens (including phenoxy) is 2. The van der Waals surface area contributed by atoms with E-state index >= 15 is 0 Å². The maximum absolute atomic E-state index is 5.92. The van der Waals surface area contributed by atoms with Crippen molar-refractivity contribution in [1.29, 1.82) is 0 Å². The Balaban J connectivity index is 2.10. The fourth-order valence-corrected chi connectivity index (χ4v) is 1.88. The Morgan fingerprint density at radius 2 is 2.00 bits per heavy atom. The molecule has 0 saturated carbocycles. The minimum absolute atomic E-state index is 0.300. The topological polar surface area (TPSA) is 30.5 Å². The van der Waals surface area contributed by atoms with Crippen molar-refractivity contribution in [2.45, 2.75) is 52.2 Å². The Bertz CT molecular complexity index is 169. The zero-order chi connectivity index (χ0) is 11.8. The van der Waals surface area contributed by atoms with Gasteiger partial charge in [-0.25, -0.2) is 0 Å². The maximum Gasteiger partial charge on any atom is 0.0697 e. The van der Waals surface area contributed by atoms with Crippen LogP contribution in [0, 0.1) is 5.92 Å². The summed E-state index contributed by atoms with van der Waals surface area (Å²) in [5.74, 6) is 0.703. The standard InChI is InChI=1S/C13H27NO2/c1-4-7-14-11(2)12(3)16-10-13-5-8-15-9-6-13/h11-14H,4-10H2,1-3H3. The zero-order valence-electron chi connectivity index (χ0n) is 11.0. The van der Waals surface area contributed by atoms with Gasteiger partial charge in [-0.2, -0.15) is 0 Å². The summed E-state index contributed by atoms with van der Waals surface area (Å²) in [6.45, 7) is 10.3. The van der Waals surface area contributed by atoms with Crippen LogP contribution in [0.3, 0.4) is 0 Å². The van der Waals surface area contributed by atoms with Gasteiger partial charge in [-0.05, 0) is 45.6 Å². The molecule has 0 aromatic carbocycles. The van der Waals surface area contributed by atoms with E-state index in [0.29, 0.717) is 18.1 Å². The van der Waals surface area contributed by atoms with Crippen LogP contribution in [0.25, 0.3) is 0 Å². The van der Waals surface area contributed by atoms with Crippen molar-refractivity contribution in [3.8, 4) is 0 Å². The number of hydrogen-bond acceptors (Lipinski definition) is 3. The van der Waals surface area contributed by atoms with Gasteiger partial charge in [0.15, 0.2) is 0 Å². The third kappa shape index (κ3) is 5.28. The zero-order valence-corrected chi connectivity index (χ0v) is 11.0. The van der Waals surface area contributed by atoms with Gasteiger partial charge in [0.1, 0.15) is 0 Å². The highest BCUT2D eigenvalue weighted by Crippen LogP contribution is 2.15. The van der Waals surface area contributed by atoms with Gasteiger partial charge in [0, 0.05) is 25.9 Å². The molecule has 1 aliphatic heterocycles. The van der Waals surface area contributed by atoms with Crippen LogP contribution in [-0.4, -0.2) is 38.5 Å². The molecule has 1 N–H and O–H groups in total. The molecule has 0 bridgehead atoms. The Morgan fingerprint density at radius 3 is 2.62 bits per heavy atom. The molecule has 1 fully saturated rings. The normalized spacial score (nSPS) is 21.9. The summed E-state index contributed by atoms with van der Waals surface area (Å²) in [7, 11) is 0. The van der Waals surface area contributed by atoms with Crippen LogP contribution < -0.4 is 5.32 Å². The molecule has 2 atom stereocenters. The molecule has 0 aromatic rings. The molecule has 0 aliphatic carbocycles. The molecular formula is C13H27NO2. The quantitative estimate of drug-likeness (QED) is 0.726. The minimum atomic E-state index is 0.300. The maximum atomic E-state index is 5.92. The van der Waals surface area contributed by atoms with Gasteiger partial charge in [-0.15, -0.1) is 0 Å². The summed E-state index contributed by atoms with van der Waals surface area (Å²) in [5.41, 5.74) is 0. The molecule has 0 spiro atoms. The first-order valence-electron chi connectivity index (χ1n) is 6.66. The van der Waals surface area contributed by atoms with E-state index in [0.717, 1.165) is 39.2 Å². The number of hydrogen-bond donors (Lipinski definition) is 1. The van der Waals surface area contributed by atoms with Gasteiger partial charge in [-0.1, -0.05) is 6.92 Å². The van der Waals surface area contributed by atoms with Gasteiger partial charge >= 0.3 is 0 Å². The summed E-state index contributed by atoms with van der Waals surface area (Å²) in [6.07, 6.45) is 3.79. The largest absolute Gasteiger partial charge is 0.381 e. The van der Waals surface area contributed by atoms with Crippen LogP contribution in [0.5, 0.6) is 0 Å². The Kier molecular flexibility index (Phi) is 7.01. The highest BCUT2D eigenvalue weighted by atomic mass is 16.5. The van der Waals surface area contributed by atoms with Crippen molar-refractivity contribution < 1.29 is 9.47 Å². The molecule has 0 amide bonds. The summed E-state index contributed by atoms with van der Waals surface area (Å²) in [4.78, 5) is 0. The molecule has 3 heteroatoms. The van der Waals surface area contributed by atoms with E-state index in [2.05, 4.69) is 26.1 Å². The van der Waals surface area contributed by atoms with Crippen LogP contribution in [0.2, 0.25) is 0 Å². The van der Waals surface area contributed by atoms with Gasteiger partial charge in [-0.3, -0.25) is 0 Å². The van der Waals surface area contributed by atoms with Crippen molar-refractivity contribution in [2.75, 3.05) is 26.4 Å². The van der Waals surface area contributed by atoms with Crippen molar-refractivity contribution in [2.24, 2.45) is 5.92 Å². The second kappa shape index (κ2) is 8.04. The predicted octanol–water partition coefficient (Wildman–Crippen LogP) is 2.21. The SMILES string of the molecule is CCCNC(C)C(C)OCC1CCOCC1. The van der Waals surface area contributed by atoms with Crippen molar-refractivity contribution >= 4 is 0 Å². The minimum Gasteiger partial charge on any atom is -0.381 e. The van der Waals surface area contributed by atoms with Crippen molar-refractivity contribution in [3.63, 3.8) is 0 Å². The first-order chi connectivity index (χ1) is 7.74. The Hall–Kier alpha value is -0.120. The predicted molar refractivity (Wildman–Crippen MR) is 66.7 cm³/mol. The van der Waals surface area contributed by atoms with Crippen molar-refractivity contribution in [1.82, 2.24) is 5.32 Å². The Morgan fingerprint density at radius 1 is 1.31 bits per heavy atom. The van der Waals surface area contributed by atoms with Crippen LogP contribution in [0.1, 0.15) is 40.0 Å². The first kappa shape index (κ1) is 13.9. The molecule has 16 heavy (non-hydrogen) atoms. The van der Waals surface area contributed by atoms with Crippen LogP contribution in [-0.2, 0) is 9.47 Å². The first-order valence-corrected chi connectivity index (χ1v) is 6.66. The highest BCUT2D eigenvalue weighted by molar-refractivity contribution is 4.70. The van der Waals surface area contributed by atoms with E-state index in [4.69, 9.17) is 9.47 Å². The molecule has 3 nitrogen and oxygen atoms in total. The number of rotatable bonds is 7. The molecule has 1 heterocycles. The van der Waals surface area contributed by atoms with Gasteiger partial charge in [0.25, 0.3) is 0 Å². The van der Waals surface area contributed by atoms with E-state index in [1.165, 1.54) is 6.42 Å². The summed E-state index contributed by atoms with van der Waals surface area (Å²) in [6, 6.07) is 0.444. The van der Waals surface area contributed by atoms with Gasteiger partial charge < -0.3 is 14.8 Å². The monoisotopic (exact) mass is 229 g/mol. The lowest BCUT2D eigenvalue weighted by Gasteiger charge is -2.26. The van der Waals surface area contributed by atoms with Crippen molar-refractivity contribution in [3.05, 3.63) is 0 Å². The average molecular weight is 229 g/mol. The van der Waals surface area contributed by atoms with Crippen LogP contribution in [0.4, 0.5) is 0 Å². The molecule has 1 rings (SSSR count). The number of nitrogens with one attached hydrogen (secondary N) is 1. The fourth-order valence-electron chi connectivity index (χ4n) is 1.88. The van der Waals surface area contributed by atoms with E-state index < -0.39 is 0 Å². The summed E-state index contributed by atoms with van der Waals surface area (Å²) < 4.78 is 11.3. The molecular weight excluding hydrogens is 202 g/mol. The summed E-state index contributed by atoms with van der Waals surface area (Å²) >= 11 is 0. The molecule has 1 saturated heterocycles. The summed E-state index contributed by atoms with van der Waals surface area (Å²) in [5, 5.41) is 3.47. The van der Waals surface area contributed by atoms with Gasteiger partial charge in [0.05, 0.1) is 6.10 Å². The fraction of sp³-hybridized carbons (Fsp3) is 1.00. The van der Waals surface area contributed by atoms with E-state index in [9.17, 15) is 0 Å². The third-order valence-electron chi connectivity index (χ3n) is 3.36. The molecule has 2 unspecified atom stereocenters.